The van der Waals surface area contributed by atoms with E-state index in [2.05, 4.69) is 10.1 Å². The van der Waals surface area contributed by atoms with Gasteiger partial charge >= 0.3 is 12.1 Å². The van der Waals surface area contributed by atoms with Gasteiger partial charge in [-0.1, -0.05) is 30.3 Å². The maximum atomic E-state index is 14.2. The Balaban J connectivity index is 2.77. The first-order valence-electron chi connectivity index (χ1n) is 7.51. The van der Waals surface area contributed by atoms with Crippen molar-refractivity contribution in [3.8, 4) is 0 Å². The molecular formula is C17H23F2NO4. The van der Waals surface area contributed by atoms with E-state index >= 15 is 0 Å². The zero-order valence-corrected chi connectivity index (χ0v) is 14.3. The summed E-state index contributed by atoms with van der Waals surface area (Å²) in [6.07, 6.45) is -2.38. The number of esters is 1. The highest BCUT2D eigenvalue weighted by molar-refractivity contribution is 5.81. The molecule has 0 aliphatic heterocycles. The van der Waals surface area contributed by atoms with E-state index in [0.717, 1.165) is 7.11 Å². The highest BCUT2D eigenvalue weighted by Crippen LogP contribution is 2.26. The fourth-order valence-corrected chi connectivity index (χ4v) is 2.05. The van der Waals surface area contributed by atoms with E-state index in [4.69, 9.17) is 4.74 Å². The van der Waals surface area contributed by atoms with Crippen molar-refractivity contribution in [3.05, 3.63) is 35.9 Å². The van der Waals surface area contributed by atoms with Gasteiger partial charge in [-0.15, -0.1) is 0 Å². The van der Waals surface area contributed by atoms with Crippen molar-refractivity contribution in [3.63, 3.8) is 0 Å². The van der Waals surface area contributed by atoms with E-state index in [0.29, 0.717) is 5.56 Å². The van der Waals surface area contributed by atoms with Gasteiger partial charge < -0.3 is 14.8 Å². The predicted molar refractivity (Wildman–Crippen MR) is 84.9 cm³/mol. The molecule has 0 bridgehead atoms. The van der Waals surface area contributed by atoms with Gasteiger partial charge in [0.05, 0.1) is 7.11 Å². The minimum atomic E-state index is -3.20. The lowest BCUT2D eigenvalue weighted by molar-refractivity contribution is -0.146. The van der Waals surface area contributed by atoms with Crippen LogP contribution in [0.25, 0.3) is 0 Å². The van der Waals surface area contributed by atoms with Gasteiger partial charge in [0.2, 0.25) is 0 Å². The number of carbonyl (C=O) groups is 2. The molecule has 1 N–H and O–H groups in total. The van der Waals surface area contributed by atoms with Crippen LogP contribution in [-0.4, -0.2) is 36.7 Å². The van der Waals surface area contributed by atoms with Crippen LogP contribution in [-0.2, 0) is 20.7 Å². The Kier molecular flexibility index (Phi) is 6.69. The summed E-state index contributed by atoms with van der Waals surface area (Å²) in [6.45, 7) is 4.89. The fraction of sp³-hybridized carbons (Fsp3) is 0.529. The highest BCUT2D eigenvalue weighted by atomic mass is 19.3. The number of carbonyl (C=O) groups excluding carboxylic acids is 2. The molecule has 134 valence electrons. The van der Waals surface area contributed by atoms with Crippen molar-refractivity contribution >= 4 is 12.1 Å². The van der Waals surface area contributed by atoms with Crippen LogP contribution in [0.1, 0.15) is 32.8 Å². The molecule has 5 nitrogen and oxygen atoms in total. The smallest absolute Gasteiger partial charge is 0.408 e. The summed E-state index contributed by atoms with van der Waals surface area (Å²) < 4.78 is 38.0. The number of hydrogen-bond acceptors (Lipinski definition) is 4. The van der Waals surface area contributed by atoms with Crippen molar-refractivity contribution in [1.82, 2.24) is 5.32 Å². The first-order valence-corrected chi connectivity index (χ1v) is 7.51. The second kappa shape index (κ2) is 8.08. The Hall–Kier alpha value is -2.18. The standard InChI is InChI=1S/C17H23F2NO4/c1-16(2,3)24-15(22)20-13(14(21)23-4)11-17(18,19)10-12-8-6-5-7-9-12/h5-9,13H,10-11H2,1-4H3,(H,20,22). The Morgan fingerprint density at radius 2 is 1.75 bits per heavy atom. The van der Waals surface area contributed by atoms with Gasteiger partial charge in [0, 0.05) is 12.8 Å². The molecule has 1 atom stereocenters. The molecule has 0 aliphatic carbocycles. The molecule has 0 saturated carbocycles. The third-order valence-corrected chi connectivity index (χ3v) is 2.99. The second-order valence-corrected chi connectivity index (χ2v) is 6.44. The number of rotatable bonds is 6. The zero-order valence-electron chi connectivity index (χ0n) is 14.3. The lowest BCUT2D eigenvalue weighted by atomic mass is 10.0. The van der Waals surface area contributed by atoms with Gasteiger partial charge in [0.15, 0.2) is 0 Å². The van der Waals surface area contributed by atoms with Gasteiger partial charge in [-0.25, -0.2) is 18.4 Å². The van der Waals surface area contributed by atoms with E-state index in [1.54, 1.807) is 51.1 Å². The minimum absolute atomic E-state index is 0.434. The number of ether oxygens (including phenoxy) is 2. The summed E-state index contributed by atoms with van der Waals surface area (Å²) in [4.78, 5) is 23.5. The minimum Gasteiger partial charge on any atom is -0.467 e. The van der Waals surface area contributed by atoms with Crippen LogP contribution < -0.4 is 5.32 Å². The molecule has 0 aliphatic rings. The second-order valence-electron chi connectivity index (χ2n) is 6.44. The zero-order chi connectivity index (χ0) is 18.4. The summed E-state index contributed by atoms with van der Waals surface area (Å²) >= 11 is 0. The number of hydrogen-bond donors (Lipinski definition) is 1. The molecule has 1 rings (SSSR count). The van der Waals surface area contributed by atoms with Gasteiger partial charge in [0.1, 0.15) is 11.6 Å². The Morgan fingerprint density at radius 1 is 1.17 bits per heavy atom. The van der Waals surface area contributed by atoms with Crippen molar-refractivity contribution in [2.24, 2.45) is 0 Å². The van der Waals surface area contributed by atoms with Crippen LogP contribution in [0.4, 0.5) is 13.6 Å². The first kappa shape index (κ1) is 19.9. The molecule has 1 unspecified atom stereocenters. The number of alkyl carbamates (subject to hydrolysis) is 1. The summed E-state index contributed by atoms with van der Waals surface area (Å²) in [5.41, 5.74) is -0.375. The lowest BCUT2D eigenvalue weighted by Gasteiger charge is -2.25. The van der Waals surface area contributed by atoms with Crippen LogP contribution in [0.15, 0.2) is 30.3 Å². The van der Waals surface area contributed by atoms with E-state index in [1.165, 1.54) is 0 Å². The Labute approximate surface area is 140 Å². The topological polar surface area (TPSA) is 64.6 Å². The Bertz CT molecular complexity index is 555. The van der Waals surface area contributed by atoms with Crippen molar-refractivity contribution in [1.29, 1.82) is 0 Å². The molecule has 0 heterocycles. The first-order chi connectivity index (χ1) is 11.0. The van der Waals surface area contributed by atoms with Crippen LogP contribution in [0.2, 0.25) is 0 Å². The molecule has 0 spiro atoms. The van der Waals surface area contributed by atoms with Crippen LogP contribution >= 0.6 is 0 Å². The average molecular weight is 343 g/mol. The monoisotopic (exact) mass is 343 g/mol. The molecular weight excluding hydrogens is 320 g/mol. The third-order valence-electron chi connectivity index (χ3n) is 2.99. The number of nitrogens with one attached hydrogen (secondary N) is 1. The summed E-state index contributed by atoms with van der Waals surface area (Å²) in [5.74, 6) is -4.15. The third kappa shape index (κ3) is 7.39. The number of benzene rings is 1. The summed E-state index contributed by atoms with van der Waals surface area (Å²) in [5, 5.41) is 2.15. The SMILES string of the molecule is COC(=O)C(CC(F)(F)Cc1ccccc1)NC(=O)OC(C)(C)C. The van der Waals surface area contributed by atoms with E-state index in [9.17, 15) is 18.4 Å². The molecule has 0 aromatic heterocycles. The largest absolute Gasteiger partial charge is 0.467 e. The summed E-state index contributed by atoms with van der Waals surface area (Å²) in [7, 11) is 1.07. The van der Waals surface area contributed by atoms with Gasteiger partial charge in [0.25, 0.3) is 5.92 Å². The molecule has 24 heavy (non-hydrogen) atoms. The van der Waals surface area contributed by atoms with E-state index < -0.39 is 42.5 Å². The highest BCUT2D eigenvalue weighted by Gasteiger charge is 2.37. The van der Waals surface area contributed by atoms with Gasteiger partial charge in [-0.3, -0.25) is 0 Å². The van der Waals surface area contributed by atoms with Crippen LogP contribution in [0.3, 0.4) is 0 Å². The quantitative estimate of drug-likeness (QED) is 0.805. The van der Waals surface area contributed by atoms with Crippen LogP contribution in [0.5, 0.6) is 0 Å². The molecule has 7 heteroatoms. The normalized spacial score (nSPS) is 13.1. The van der Waals surface area contributed by atoms with Gasteiger partial charge in [-0.2, -0.15) is 0 Å². The fourth-order valence-electron chi connectivity index (χ4n) is 2.05. The van der Waals surface area contributed by atoms with E-state index in [1.807, 2.05) is 0 Å². The number of amides is 1. The Morgan fingerprint density at radius 3 is 2.25 bits per heavy atom. The molecule has 1 aromatic rings. The number of alkyl halides is 2. The van der Waals surface area contributed by atoms with Crippen molar-refractivity contribution < 1.29 is 27.8 Å². The molecule has 0 fully saturated rings. The molecule has 1 aromatic carbocycles. The van der Waals surface area contributed by atoms with Crippen LogP contribution in [0, 0.1) is 0 Å². The maximum absolute atomic E-state index is 14.2. The predicted octanol–water partition coefficient (Wildman–Crippen LogP) is 3.32. The number of halogens is 2. The molecule has 0 radical (unpaired) electrons. The summed E-state index contributed by atoms with van der Waals surface area (Å²) in [6, 6.07) is 6.68. The average Bonchev–Trinajstić information content (AvgIpc) is 2.44. The number of methoxy groups -OCH3 is 1. The van der Waals surface area contributed by atoms with E-state index in [-0.39, 0.29) is 0 Å². The molecule has 1 amide bonds. The van der Waals surface area contributed by atoms with Crippen molar-refractivity contribution in [2.75, 3.05) is 7.11 Å². The molecule has 0 saturated heterocycles. The maximum Gasteiger partial charge on any atom is 0.408 e. The lowest BCUT2D eigenvalue weighted by Crippen LogP contribution is -2.47. The van der Waals surface area contributed by atoms with Crippen molar-refractivity contribution in [2.45, 2.75) is 51.2 Å². The van der Waals surface area contributed by atoms with Gasteiger partial charge in [-0.05, 0) is 26.3 Å².